The van der Waals surface area contributed by atoms with Gasteiger partial charge in [-0.25, -0.2) is 9.59 Å². The summed E-state index contributed by atoms with van der Waals surface area (Å²) in [5.41, 5.74) is 0.399. The molecule has 2 amide bonds. The molecular formula is C12H15N3O6. The third-order valence-corrected chi connectivity index (χ3v) is 2.70. The Hall–Kier alpha value is -2.68. The molecule has 0 spiro atoms. The van der Waals surface area contributed by atoms with E-state index in [0.717, 1.165) is 6.07 Å². The van der Waals surface area contributed by atoms with E-state index in [1.54, 1.807) is 6.92 Å². The second kappa shape index (κ2) is 6.66. The first-order valence-corrected chi connectivity index (χ1v) is 5.95. The third-order valence-electron chi connectivity index (χ3n) is 2.70. The molecule has 0 aliphatic carbocycles. The van der Waals surface area contributed by atoms with Crippen molar-refractivity contribution in [3.8, 4) is 0 Å². The number of carboxylic acid groups (broad SMARTS) is 1. The first kappa shape index (κ1) is 16.4. The number of rotatable bonds is 5. The fourth-order valence-electron chi connectivity index (χ4n) is 1.58. The number of hydrogen-bond donors (Lipinski definition) is 4. The van der Waals surface area contributed by atoms with Gasteiger partial charge >= 0.3 is 12.0 Å². The summed E-state index contributed by atoms with van der Waals surface area (Å²) in [5.74, 6) is -1.39. The lowest BCUT2D eigenvalue weighted by molar-refractivity contribution is -0.385. The molecule has 2 atom stereocenters. The van der Waals surface area contributed by atoms with Gasteiger partial charge in [-0.05, 0) is 19.9 Å². The van der Waals surface area contributed by atoms with Gasteiger partial charge in [-0.3, -0.25) is 10.1 Å². The van der Waals surface area contributed by atoms with Crippen LogP contribution in [0.2, 0.25) is 0 Å². The van der Waals surface area contributed by atoms with Gasteiger partial charge in [0.05, 0.1) is 11.0 Å². The van der Waals surface area contributed by atoms with Crippen LogP contribution in [0.15, 0.2) is 18.2 Å². The number of benzene rings is 1. The SMILES string of the molecule is Cc1ccc(NC(=O)N[C@H](C(=O)O)[C@@H](C)O)cc1[N+](=O)[O-]. The number of carboxylic acids is 1. The number of nitrogens with zero attached hydrogens (tertiary/aromatic N) is 1. The van der Waals surface area contributed by atoms with Crippen molar-refractivity contribution in [3.05, 3.63) is 33.9 Å². The van der Waals surface area contributed by atoms with Crippen molar-refractivity contribution in [1.29, 1.82) is 0 Å². The maximum atomic E-state index is 11.6. The van der Waals surface area contributed by atoms with Crippen LogP contribution in [0.1, 0.15) is 12.5 Å². The van der Waals surface area contributed by atoms with Crippen LogP contribution in [-0.2, 0) is 4.79 Å². The van der Waals surface area contributed by atoms with Crippen LogP contribution < -0.4 is 10.6 Å². The molecule has 1 rings (SSSR count). The Labute approximate surface area is 119 Å². The molecule has 0 aliphatic heterocycles. The second-order valence-electron chi connectivity index (χ2n) is 4.41. The maximum Gasteiger partial charge on any atom is 0.328 e. The Morgan fingerprint density at radius 3 is 2.48 bits per heavy atom. The number of carbonyl (C=O) groups is 2. The van der Waals surface area contributed by atoms with E-state index in [2.05, 4.69) is 10.6 Å². The zero-order valence-electron chi connectivity index (χ0n) is 11.4. The van der Waals surface area contributed by atoms with Crippen LogP contribution in [0.4, 0.5) is 16.2 Å². The fourth-order valence-corrected chi connectivity index (χ4v) is 1.58. The smallest absolute Gasteiger partial charge is 0.328 e. The van der Waals surface area contributed by atoms with Gasteiger partial charge in [-0.15, -0.1) is 0 Å². The molecule has 21 heavy (non-hydrogen) atoms. The molecule has 0 radical (unpaired) electrons. The molecule has 0 fully saturated rings. The minimum absolute atomic E-state index is 0.138. The molecule has 0 bridgehead atoms. The summed E-state index contributed by atoms with van der Waals surface area (Å²) in [5, 5.41) is 33.2. The molecule has 9 nitrogen and oxygen atoms in total. The summed E-state index contributed by atoms with van der Waals surface area (Å²) in [6.07, 6.45) is -1.29. The number of aliphatic hydroxyl groups is 1. The number of urea groups is 1. The minimum Gasteiger partial charge on any atom is -0.480 e. The summed E-state index contributed by atoms with van der Waals surface area (Å²) in [6, 6.07) is 1.69. The van der Waals surface area contributed by atoms with Crippen molar-refractivity contribution in [2.24, 2.45) is 0 Å². The number of amides is 2. The van der Waals surface area contributed by atoms with Gasteiger partial charge in [-0.2, -0.15) is 0 Å². The van der Waals surface area contributed by atoms with E-state index in [-0.39, 0.29) is 11.4 Å². The monoisotopic (exact) mass is 297 g/mol. The Morgan fingerprint density at radius 1 is 1.38 bits per heavy atom. The lowest BCUT2D eigenvalue weighted by Gasteiger charge is -2.17. The standard InChI is InChI=1S/C12H15N3O6/c1-6-3-4-8(5-9(6)15(20)21)13-12(19)14-10(7(2)16)11(17)18/h3-5,7,10,16H,1-2H3,(H,17,18)(H2,13,14,19)/t7-,10+/m1/s1. The van der Waals surface area contributed by atoms with Gasteiger partial charge in [0.1, 0.15) is 0 Å². The van der Waals surface area contributed by atoms with E-state index < -0.39 is 29.1 Å². The first-order valence-electron chi connectivity index (χ1n) is 5.95. The Kier molecular flexibility index (Phi) is 5.19. The Bertz CT molecular complexity index is 572. The molecule has 1 aromatic rings. The fraction of sp³-hybridized carbons (Fsp3) is 0.333. The predicted molar refractivity (Wildman–Crippen MR) is 73.1 cm³/mol. The van der Waals surface area contributed by atoms with Gasteiger partial charge in [0.15, 0.2) is 6.04 Å². The van der Waals surface area contributed by atoms with E-state index in [1.807, 2.05) is 0 Å². The highest BCUT2D eigenvalue weighted by atomic mass is 16.6. The average molecular weight is 297 g/mol. The molecule has 0 saturated heterocycles. The summed E-state index contributed by atoms with van der Waals surface area (Å²) in [6.45, 7) is 2.77. The van der Waals surface area contributed by atoms with Crippen molar-refractivity contribution in [3.63, 3.8) is 0 Å². The summed E-state index contributed by atoms with van der Waals surface area (Å²) >= 11 is 0. The number of carbonyl (C=O) groups excluding carboxylic acids is 1. The first-order chi connectivity index (χ1) is 9.72. The van der Waals surface area contributed by atoms with E-state index in [1.165, 1.54) is 19.1 Å². The molecule has 0 heterocycles. The Balaban J connectivity index is 2.82. The number of anilines is 1. The normalized spacial score (nSPS) is 13.1. The van der Waals surface area contributed by atoms with Crippen LogP contribution in [0.25, 0.3) is 0 Å². The number of hydrogen-bond acceptors (Lipinski definition) is 5. The highest BCUT2D eigenvalue weighted by molar-refractivity contribution is 5.92. The van der Waals surface area contributed by atoms with Crippen LogP contribution in [0.5, 0.6) is 0 Å². The molecule has 0 aliphatic rings. The number of nitro groups is 1. The van der Waals surface area contributed by atoms with Gasteiger partial charge in [0.25, 0.3) is 5.69 Å². The molecule has 4 N–H and O–H groups in total. The lowest BCUT2D eigenvalue weighted by Crippen LogP contribution is -2.49. The Morgan fingerprint density at radius 2 is 2.00 bits per heavy atom. The van der Waals surface area contributed by atoms with Crippen molar-refractivity contribution >= 4 is 23.4 Å². The minimum atomic E-state index is -1.48. The van der Waals surface area contributed by atoms with Crippen molar-refractivity contribution in [1.82, 2.24) is 5.32 Å². The number of nitrogens with one attached hydrogen (secondary N) is 2. The van der Waals surface area contributed by atoms with Crippen molar-refractivity contribution < 1.29 is 24.7 Å². The molecule has 9 heteroatoms. The molecule has 0 aromatic heterocycles. The summed E-state index contributed by atoms with van der Waals surface area (Å²) in [7, 11) is 0. The van der Waals surface area contributed by atoms with Crippen molar-refractivity contribution in [2.75, 3.05) is 5.32 Å². The van der Waals surface area contributed by atoms with Crippen LogP contribution in [-0.4, -0.2) is 39.3 Å². The molecule has 0 unspecified atom stereocenters. The maximum absolute atomic E-state index is 11.6. The van der Waals surface area contributed by atoms with Gasteiger partial charge in [-0.1, -0.05) is 6.07 Å². The topological polar surface area (TPSA) is 142 Å². The third kappa shape index (κ3) is 4.42. The predicted octanol–water partition coefficient (Wildman–Crippen LogP) is 0.859. The number of aliphatic hydroxyl groups excluding tert-OH is 1. The largest absolute Gasteiger partial charge is 0.480 e. The summed E-state index contributed by atoms with van der Waals surface area (Å²) in [4.78, 5) is 32.7. The van der Waals surface area contributed by atoms with Gasteiger partial charge in [0.2, 0.25) is 0 Å². The quantitative estimate of drug-likeness (QED) is 0.469. The number of aryl methyl sites for hydroxylation is 1. The van der Waals surface area contributed by atoms with Crippen LogP contribution in [0, 0.1) is 17.0 Å². The molecule has 114 valence electrons. The zero-order valence-corrected chi connectivity index (χ0v) is 11.4. The summed E-state index contributed by atoms with van der Waals surface area (Å²) < 4.78 is 0. The van der Waals surface area contributed by atoms with Gasteiger partial charge < -0.3 is 20.8 Å². The molecule has 1 aromatic carbocycles. The van der Waals surface area contributed by atoms with Crippen LogP contribution >= 0.6 is 0 Å². The molecular weight excluding hydrogens is 282 g/mol. The van der Waals surface area contributed by atoms with E-state index in [0.29, 0.717) is 5.56 Å². The lowest BCUT2D eigenvalue weighted by atomic mass is 10.2. The van der Waals surface area contributed by atoms with E-state index >= 15 is 0 Å². The van der Waals surface area contributed by atoms with E-state index in [9.17, 15) is 24.8 Å². The van der Waals surface area contributed by atoms with Crippen LogP contribution in [0.3, 0.4) is 0 Å². The highest BCUT2D eigenvalue weighted by Crippen LogP contribution is 2.22. The molecule has 0 saturated carbocycles. The number of nitro benzene ring substituents is 1. The van der Waals surface area contributed by atoms with Gasteiger partial charge in [0, 0.05) is 17.3 Å². The zero-order chi connectivity index (χ0) is 16.2. The second-order valence-corrected chi connectivity index (χ2v) is 4.41. The highest BCUT2D eigenvalue weighted by Gasteiger charge is 2.25. The van der Waals surface area contributed by atoms with Crippen molar-refractivity contribution in [2.45, 2.75) is 26.0 Å². The average Bonchev–Trinajstić information content (AvgIpc) is 2.37. The van der Waals surface area contributed by atoms with E-state index in [4.69, 9.17) is 5.11 Å². The number of aliphatic carboxylic acids is 1.